The van der Waals surface area contributed by atoms with Crippen LogP contribution >= 0.6 is 0 Å². The third-order valence-corrected chi connectivity index (χ3v) is 1.79. The molecule has 5 heteroatoms. The molecule has 1 aliphatic rings. The largest absolute Gasteiger partial charge is 0.460 e. The molecule has 1 aliphatic heterocycles. The van der Waals surface area contributed by atoms with Gasteiger partial charge in [-0.15, -0.1) is 0 Å². The summed E-state index contributed by atoms with van der Waals surface area (Å²) in [7, 11) is 0. The zero-order valence-electron chi connectivity index (χ0n) is 8.35. The van der Waals surface area contributed by atoms with Gasteiger partial charge in [0.2, 0.25) is 0 Å². The van der Waals surface area contributed by atoms with E-state index in [-0.39, 0.29) is 13.2 Å². The molecule has 0 N–H and O–H groups in total. The lowest BCUT2D eigenvalue weighted by Crippen LogP contribution is -2.21. The van der Waals surface area contributed by atoms with Gasteiger partial charge in [0.05, 0.1) is 6.54 Å². The van der Waals surface area contributed by atoms with Crippen molar-refractivity contribution >= 4 is 12.1 Å². The van der Waals surface area contributed by atoms with Crippen molar-refractivity contribution in [3.05, 3.63) is 25.3 Å². The molecule has 1 heterocycles. The molecule has 0 aromatic rings. The first-order valence-electron chi connectivity index (χ1n) is 4.52. The molecule has 1 amide bonds. The van der Waals surface area contributed by atoms with Gasteiger partial charge in [0.15, 0.2) is 6.04 Å². The number of nitrogens with zero attached hydrogens (tertiary/aromatic N) is 1. The van der Waals surface area contributed by atoms with Crippen LogP contribution in [0.5, 0.6) is 0 Å². The first-order chi connectivity index (χ1) is 7.20. The lowest BCUT2D eigenvalue weighted by molar-refractivity contribution is -0.142. The first kappa shape index (κ1) is 11.3. The molecule has 0 aromatic heterocycles. The van der Waals surface area contributed by atoms with E-state index in [9.17, 15) is 9.59 Å². The zero-order valence-corrected chi connectivity index (χ0v) is 8.35. The number of rotatable bonds is 5. The van der Waals surface area contributed by atoms with Gasteiger partial charge < -0.3 is 9.47 Å². The molecular weight excluding hydrogens is 198 g/mol. The van der Waals surface area contributed by atoms with Crippen molar-refractivity contribution in [3.63, 3.8) is 0 Å². The summed E-state index contributed by atoms with van der Waals surface area (Å²) in [4.78, 5) is 23.7. The summed E-state index contributed by atoms with van der Waals surface area (Å²) in [6, 6.07) is -0.498. The van der Waals surface area contributed by atoms with Crippen molar-refractivity contribution < 1.29 is 19.1 Å². The van der Waals surface area contributed by atoms with Crippen molar-refractivity contribution in [1.82, 2.24) is 4.90 Å². The van der Waals surface area contributed by atoms with E-state index in [4.69, 9.17) is 9.47 Å². The lowest BCUT2D eigenvalue weighted by Gasteiger charge is -2.03. The highest BCUT2D eigenvalue weighted by atomic mass is 16.6. The van der Waals surface area contributed by atoms with Crippen molar-refractivity contribution in [2.75, 3.05) is 19.8 Å². The molecule has 5 nitrogen and oxygen atoms in total. The van der Waals surface area contributed by atoms with Gasteiger partial charge in [-0.05, 0) is 0 Å². The van der Waals surface area contributed by atoms with Gasteiger partial charge in [0, 0.05) is 0 Å². The number of hydrogen-bond acceptors (Lipinski definition) is 4. The fraction of sp³-hybridized carbons (Fsp3) is 0.400. The Kier molecular flexibility index (Phi) is 3.91. The molecule has 0 aliphatic carbocycles. The fourth-order valence-corrected chi connectivity index (χ4v) is 0.993. The maximum Gasteiger partial charge on any atom is 0.410 e. The Morgan fingerprint density at radius 2 is 1.87 bits per heavy atom. The van der Waals surface area contributed by atoms with Crippen molar-refractivity contribution in [2.45, 2.75) is 6.04 Å². The van der Waals surface area contributed by atoms with E-state index < -0.39 is 18.1 Å². The van der Waals surface area contributed by atoms with Crippen LogP contribution in [-0.2, 0) is 14.3 Å². The molecule has 1 fully saturated rings. The van der Waals surface area contributed by atoms with Gasteiger partial charge in [0.25, 0.3) is 0 Å². The zero-order chi connectivity index (χ0) is 11.3. The summed E-state index contributed by atoms with van der Waals surface area (Å²) in [6.45, 7) is 7.48. The molecule has 82 valence electrons. The molecule has 0 spiro atoms. The smallest absolute Gasteiger partial charge is 0.410 e. The highest BCUT2D eigenvalue weighted by Gasteiger charge is 2.46. The van der Waals surface area contributed by atoms with Crippen LogP contribution in [0.1, 0.15) is 0 Å². The maximum absolute atomic E-state index is 11.2. The number of carbonyl (C=O) groups is 2. The van der Waals surface area contributed by atoms with Crippen LogP contribution < -0.4 is 0 Å². The minimum absolute atomic E-state index is 0.143. The van der Waals surface area contributed by atoms with E-state index in [2.05, 4.69) is 13.2 Å². The van der Waals surface area contributed by atoms with Crippen LogP contribution in [0.15, 0.2) is 25.3 Å². The van der Waals surface area contributed by atoms with E-state index in [0.29, 0.717) is 6.54 Å². The number of ether oxygens (including phenoxy) is 2. The molecule has 0 aromatic carbocycles. The van der Waals surface area contributed by atoms with Crippen LogP contribution in [-0.4, -0.2) is 42.8 Å². The second-order valence-corrected chi connectivity index (χ2v) is 2.95. The van der Waals surface area contributed by atoms with E-state index in [1.165, 1.54) is 17.1 Å². The molecule has 1 atom stereocenters. The number of hydrogen-bond donors (Lipinski definition) is 0. The number of amides is 1. The molecule has 15 heavy (non-hydrogen) atoms. The predicted molar refractivity (Wildman–Crippen MR) is 53.2 cm³/mol. The molecule has 0 radical (unpaired) electrons. The molecule has 1 rings (SSSR count). The van der Waals surface area contributed by atoms with Crippen molar-refractivity contribution in [2.24, 2.45) is 0 Å². The quantitative estimate of drug-likeness (QED) is 0.382. The normalized spacial score (nSPS) is 17.9. The third kappa shape index (κ3) is 3.12. The standard InChI is InChI=1S/C10H13NO4/c1-3-5-14-9(12)8-7-11(8)10(13)15-6-4-2/h3-4,8H,1-2,5-7H2/t8-,11?/m0/s1. The average Bonchev–Trinajstić information content (AvgIpc) is 3.02. The molecule has 0 saturated carbocycles. The van der Waals surface area contributed by atoms with Crippen LogP contribution in [0.25, 0.3) is 0 Å². The second-order valence-electron chi connectivity index (χ2n) is 2.95. The van der Waals surface area contributed by atoms with Gasteiger partial charge in [-0.25, -0.2) is 9.59 Å². The monoisotopic (exact) mass is 211 g/mol. The van der Waals surface area contributed by atoms with Crippen molar-refractivity contribution in [3.8, 4) is 0 Å². The van der Waals surface area contributed by atoms with E-state index in [1.54, 1.807) is 0 Å². The minimum atomic E-state index is -0.518. The summed E-state index contributed by atoms with van der Waals surface area (Å²) >= 11 is 0. The second kappa shape index (κ2) is 5.19. The Hall–Kier alpha value is -1.78. The Morgan fingerprint density at radius 1 is 1.27 bits per heavy atom. The Labute approximate surface area is 87.9 Å². The van der Waals surface area contributed by atoms with Crippen molar-refractivity contribution in [1.29, 1.82) is 0 Å². The van der Waals surface area contributed by atoms with Gasteiger partial charge >= 0.3 is 12.1 Å². The summed E-state index contributed by atoms with van der Waals surface area (Å²) in [5, 5.41) is 0. The molecule has 1 saturated heterocycles. The van der Waals surface area contributed by atoms with Gasteiger partial charge in [-0.3, -0.25) is 4.90 Å². The van der Waals surface area contributed by atoms with Gasteiger partial charge in [0.1, 0.15) is 13.2 Å². The maximum atomic E-state index is 11.2. The predicted octanol–water partition coefficient (Wildman–Crippen LogP) is 0.722. The van der Waals surface area contributed by atoms with Crippen LogP contribution in [0.2, 0.25) is 0 Å². The highest BCUT2D eigenvalue weighted by molar-refractivity contribution is 5.86. The Morgan fingerprint density at radius 3 is 2.47 bits per heavy atom. The molecule has 0 bridgehead atoms. The Bertz CT molecular complexity index is 259. The summed E-state index contributed by atoms with van der Waals surface area (Å²) in [5.41, 5.74) is 0. The first-order valence-corrected chi connectivity index (χ1v) is 4.52. The SMILES string of the molecule is C=CCOC(=O)[C@@H]1CN1C(=O)OCC=C. The number of esters is 1. The lowest BCUT2D eigenvalue weighted by atomic mass is 10.5. The van der Waals surface area contributed by atoms with Crippen LogP contribution in [0, 0.1) is 0 Å². The Balaban J connectivity index is 2.26. The van der Waals surface area contributed by atoms with Crippen LogP contribution in [0.3, 0.4) is 0 Å². The van der Waals surface area contributed by atoms with E-state index in [1.807, 2.05) is 0 Å². The van der Waals surface area contributed by atoms with Crippen LogP contribution in [0.4, 0.5) is 4.79 Å². The summed E-state index contributed by atoms with van der Waals surface area (Å²) < 4.78 is 9.51. The fourth-order valence-electron chi connectivity index (χ4n) is 0.993. The third-order valence-electron chi connectivity index (χ3n) is 1.79. The summed E-state index contributed by atoms with van der Waals surface area (Å²) in [5.74, 6) is -0.426. The van der Waals surface area contributed by atoms with Gasteiger partial charge in [-0.2, -0.15) is 0 Å². The minimum Gasteiger partial charge on any atom is -0.460 e. The summed E-state index contributed by atoms with van der Waals surface area (Å²) in [6.07, 6.45) is 2.42. The number of carbonyl (C=O) groups excluding carboxylic acids is 2. The van der Waals surface area contributed by atoms with E-state index >= 15 is 0 Å². The highest BCUT2D eigenvalue weighted by Crippen LogP contribution is 2.19. The van der Waals surface area contributed by atoms with Gasteiger partial charge in [-0.1, -0.05) is 25.3 Å². The molecule has 0 unspecified atom stereocenters. The molecular formula is C10H13NO4. The topological polar surface area (TPSA) is 55.6 Å². The van der Waals surface area contributed by atoms with E-state index in [0.717, 1.165) is 0 Å². The average molecular weight is 211 g/mol.